The van der Waals surface area contributed by atoms with E-state index in [2.05, 4.69) is 26.1 Å². The number of anilines is 1. The summed E-state index contributed by atoms with van der Waals surface area (Å²) in [5.74, 6) is 1.98. The van der Waals surface area contributed by atoms with Crippen LogP contribution in [0.15, 0.2) is 34.4 Å². The Labute approximate surface area is 213 Å². The summed E-state index contributed by atoms with van der Waals surface area (Å²) < 4.78 is 11.6. The predicted molar refractivity (Wildman–Crippen MR) is 143 cm³/mol. The van der Waals surface area contributed by atoms with Gasteiger partial charge >= 0.3 is 0 Å². The molecule has 6 nitrogen and oxygen atoms in total. The Kier molecular flexibility index (Phi) is 8.39. The van der Waals surface area contributed by atoms with E-state index in [9.17, 15) is 4.79 Å². The maximum absolute atomic E-state index is 12.7. The molecule has 9 heteroatoms. The lowest BCUT2D eigenvalue weighted by molar-refractivity contribution is -0.113. The number of thioether (sulfide) groups is 2. The molecule has 4 rings (SSSR count). The Morgan fingerprint density at radius 1 is 1.21 bits per heavy atom. The van der Waals surface area contributed by atoms with Gasteiger partial charge in [0, 0.05) is 28.1 Å². The van der Waals surface area contributed by atoms with Crippen LogP contribution in [0.1, 0.15) is 51.0 Å². The highest BCUT2D eigenvalue weighted by atomic mass is 32.2. The number of fused-ring (bicyclic) bond motifs is 3. The fraction of sp³-hybridized carbons (Fsp3) is 0.480. The fourth-order valence-electron chi connectivity index (χ4n) is 3.74. The van der Waals surface area contributed by atoms with E-state index >= 15 is 0 Å². The zero-order chi connectivity index (χ0) is 24.1. The fourth-order valence-corrected chi connectivity index (χ4v) is 6.58. The van der Waals surface area contributed by atoms with E-state index in [0.717, 1.165) is 56.9 Å². The molecule has 1 atom stereocenters. The number of hydrogen-bond donors (Lipinski definition) is 1. The normalized spacial score (nSPS) is 17.5. The standard InChI is InChI=1S/C25H31N3O3S3/c1-5-12-32-24-27-22(33-15-20(29)26-16-8-10-17(11-9-16)30-7-3)21-18-13-25(4,6-2)31-14-19(18)34-23(21)28-24/h8-11H,5-7,12-15H2,1-4H3,(H,26,29)/t25-/m0/s1. The van der Waals surface area contributed by atoms with Crippen molar-refractivity contribution in [1.82, 2.24) is 9.97 Å². The molecule has 3 aromatic rings. The highest BCUT2D eigenvalue weighted by Crippen LogP contribution is 2.43. The number of nitrogens with zero attached hydrogens (tertiary/aromatic N) is 2. The minimum absolute atomic E-state index is 0.0606. The van der Waals surface area contributed by atoms with Crippen LogP contribution in [0, 0.1) is 0 Å². The van der Waals surface area contributed by atoms with E-state index in [-0.39, 0.29) is 17.3 Å². The Hall–Kier alpha value is -1.81. The van der Waals surface area contributed by atoms with Gasteiger partial charge in [-0.1, -0.05) is 37.4 Å². The van der Waals surface area contributed by atoms with Gasteiger partial charge in [0.15, 0.2) is 5.16 Å². The van der Waals surface area contributed by atoms with Crippen LogP contribution < -0.4 is 10.1 Å². The second-order valence-corrected chi connectivity index (χ2v) is 11.5. The van der Waals surface area contributed by atoms with Crippen LogP contribution in [0.2, 0.25) is 0 Å². The first kappa shape index (κ1) is 25.3. The number of ether oxygens (including phenoxy) is 2. The van der Waals surface area contributed by atoms with Crippen LogP contribution in [0.4, 0.5) is 5.69 Å². The van der Waals surface area contributed by atoms with E-state index in [1.165, 1.54) is 22.2 Å². The molecule has 2 aromatic heterocycles. The molecule has 1 N–H and O–H groups in total. The summed E-state index contributed by atoms with van der Waals surface area (Å²) in [6, 6.07) is 7.44. The monoisotopic (exact) mass is 517 g/mol. The summed E-state index contributed by atoms with van der Waals surface area (Å²) in [5.41, 5.74) is 1.87. The Bertz CT molecular complexity index is 1150. The molecular formula is C25H31N3O3S3. The number of carbonyl (C=O) groups is 1. The zero-order valence-electron chi connectivity index (χ0n) is 20.1. The van der Waals surface area contributed by atoms with Gasteiger partial charge in [-0.3, -0.25) is 4.79 Å². The van der Waals surface area contributed by atoms with Crippen LogP contribution in [0.5, 0.6) is 5.75 Å². The van der Waals surface area contributed by atoms with Crippen LogP contribution in [0.25, 0.3) is 10.2 Å². The maximum Gasteiger partial charge on any atom is 0.234 e. The first-order valence-electron chi connectivity index (χ1n) is 11.7. The second-order valence-electron chi connectivity index (χ2n) is 8.41. The van der Waals surface area contributed by atoms with Gasteiger partial charge in [-0.05, 0) is 56.5 Å². The van der Waals surface area contributed by atoms with Crippen molar-refractivity contribution < 1.29 is 14.3 Å². The lowest BCUT2D eigenvalue weighted by Crippen LogP contribution is -2.33. The maximum atomic E-state index is 12.7. The minimum atomic E-state index is -0.177. The van der Waals surface area contributed by atoms with E-state index in [1.807, 2.05) is 31.2 Å². The van der Waals surface area contributed by atoms with Crippen molar-refractivity contribution in [2.75, 3.05) is 23.4 Å². The summed E-state index contributed by atoms with van der Waals surface area (Å²) in [4.78, 5) is 24.7. The molecule has 0 unspecified atom stereocenters. The molecule has 1 amide bonds. The van der Waals surface area contributed by atoms with Crippen molar-refractivity contribution in [3.8, 4) is 5.75 Å². The number of aromatic nitrogens is 2. The van der Waals surface area contributed by atoms with Gasteiger partial charge in [-0.2, -0.15) is 0 Å². The van der Waals surface area contributed by atoms with Gasteiger partial charge < -0.3 is 14.8 Å². The lowest BCUT2D eigenvalue weighted by Gasteiger charge is -2.33. The first-order chi connectivity index (χ1) is 16.4. The van der Waals surface area contributed by atoms with Gasteiger partial charge in [-0.25, -0.2) is 9.97 Å². The quantitative estimate of drug-likeness (QED) is 0.185. The van der Waals surface area contributed by atoms with Gasteiger partial charge in [0.2, 0.25) is 5.91 Å². The summed E-state index contributed by atoms with van der Waals surface area (Å²) in [6.45, 7) is 9.66. The van der Waals surface area contributed by atoms with Crippen molar-refractivity contribution in [3.05, 3.63) is 34.7 Å². The Balaban J connectivity index is 1.56. The number of hydrogen-bond acceptors (Lipinski definition) is 8. The van der Waals surface area contributed by atoms with Crippen molar-refractivity contribution >= 4 is 56.7 Å². The van der Waals surface area contributed by atoms with Crippen molar-refractivity contribution in [2.24, 2.45) is 0 Å². The van der Waals surface area contributed by atoms with Crippen LogP contribution in [0.3, 0.4) is 0 Å². The first-order valence-corrected chi connectivity index (χ1v) is 14.5. The van der Waals surface area contributed by atoms with Gasteiger partial charge in [0.1, 0.15) is 15.6 Å². The molecule has 0 saturated carbocycles. The average Bonchev–Trinajstić information content (AvgIpc) is 3.20. The average molecular weight is 518 g/mol. The topological polar surface area (TPSA) is 73.3 Å². The van der Waals surface area contributed by atoms with Gasteiger partial charge in [0.05, 0.1) is 24.6 Å². The number of thiophene rings is 1. The van der Waals surface area contributed by atoms with E-state index in [0.29, 0.717) is 13.2 Å². The van der Waals surface area contributed by atoms with Crippen molar-refractivity contribution in [1.29, 1.82) is 0 Å². The zero-order valence-corrected chi connectivity index (χ0v) is 22.6. The molecule has 1 aliphatic heterocycles. The van der Waals surface area contributed by atoms with Crippen LogP contribution in [-0.4, -0.2) is 39.6 Å². The van der Waals surface area contributed by atoms with E-state index < -0.39 is 0 Å². The van der Waals surface area contributed by atoms with Crippen molar-refractivity contribution in [2.45, 2.75) is 69.3 Å². The van der Waals surface area contributed by atoms with Crippen molar-refractivity contribution in [3.63, 3.8) is 0 Å². The molecule has 34 heavy (non-hydrogen) atoms. The third-order valence-electron chi connectivity index (χ3n) is 5.76. The van der Waals surface area contributed by atoms with E-state index in [4.69, 9.17) is 19.4 Å². The highest BCUT2D eigenvalue weighted by molar-refractivity contribution is 8.00. The third-order valence-corrected chi connectivity index (χ3v) is 8.88. The van der Waals surface area contributed by atoms with E-state index in [1.54, 1.807) is 23.1 Å². The Morgan fingerprint density at radius 3 is 2.71 bits per heavy atom. The Morgan fingerprint density at radius 2 is 2.00 bits per heavy atom. The minimum Gasteiger partial charge on any atom is -0.494 e. The smallest absolute Gasteiger partial charge is 0.234 e. The molecule has 0 radical (unpaired) electrons. The second kappa shape index (κ2) is 11.3. The summed E-state index contributed by atoms with van der Waals surface area (Å²) >= 11 is 4.85. The molecule has 0 bridgehead atoms. The number of amides is 1. The molecule has 1 aromatic carbocycles. The number of rotatable bonds is 10. The third kappa shape index (κ3) is 5.87. The van der Waals surface area contributed by atoms with Crippen LogP contribution >= 0.6 is 34.9 Å². The number of carbonyl (C=O) groups excluding carboxylic acids is 1. The largest absolute Gasteiger partial charge is 0.494 e. The number of nitrogens with one attached hydrogen (secondary N) is 1. The van der Waals surface area contributed by atoms with Gasteiger partial charge in [0.25, 0.3) is 0 Å². The molecule has 3 heterocycles. The molecule has 0 saturated heterocycles. The molecule has 182 valence electrons. The van der Waals surface area contributed by atoms with Gasteiger partial charge in [-0.15, -0.1) is 11.3 Å². The molecule has 0 fully saturated rings. The SMILES string of the molecule is CCCSc1nc(SCC(=O)Nc2ccc(OCC)cc2)c2c3c(sc2n1)CO[C@@](C)(CC)C3. The summed E-state index contributed by atoms with van der Waals surface area (Å²) in [7, 11) is 0. The molecule has 0 aliphatic carbocycles. The lowest BCUT2D eigenvalue weighted by atomic mass is 9.90. The highest BCUT2D eigenvalue weighted by Gasteiger charge is 2.33. The number of benzene rings is 1. The van der Waals surface area contributed by atoms with Crippen LogP contribution in [-0.2, 0) is 22.6 Å². The molecule has 1 aliphatic rings. The summed E-state index contributed by atoms with van der Waals surface area (Å²) in [5, 5.41) is 5.75. The molecular weight excluding hydrogens is 486 g/mol. The predicted octanol–water partition coefficient (Wildman–Crippen LogP) is 6.56. The summed E-state index contributed by atoms with van der Waals surface area (Å²) in [6.07, 6.45) is 2.85. The molecule has 0 spiro atoms.